The van der Waals surface area contributed by atoms with Crippen molar-refractivity contribution in [2.24, 2.45) is 10.9 Å². The largest absolute Gasteiger partial charge is 0.492 e. The Morgan fingerprint density at radius 2 is 1.37 bits per heavy atom. The third-order valence-electron chi connectivity index (χ3n) is 7.70. The fraction of sp³-hybridized carbons (Fsp3) is 0.312. The number of carbonyl (C=O) groups excluding carboxylic acids is 2. The molecule has 0 amide bonds. The third-order valence-corrected chi connectivity index (χ3v) is 9.37. The Morgan fingerprint density at radius 1 is 0.885 bits per heavy atom. The Labute approximate surface area is 306 Å². The first kappa shape index (κ1) is 38.2. The Bertz CT molecular complexity index is 2020. The maximum absolute atomic E-state index is 11.8. The second kappa shape index (κ2) is 17.0. The van der Waals surface area contributed by atoms with Crippen LogP contribution in [0.3, 0.4) is 0 Å². The lowest BCUT2D eigenvalue weighted by Crippen LogP contribution is -2.28. The van der Waals surface area contributed by atoms with Crippen LogP contribution >= 0.6 is 22.7 Å². The van der Waals surface area contributed by atoms with E-state index in [1.54, 1.807) is 38.1 Å². The first-order chi connectivity index (χ1) is 24.9. The van der Waals surface area contributed by atoms with Crippen LogP contribution in [-0.4, -0.2) is 70.4 Å². The topological polar surface area (TPSA) is 219 Å². The van der Waals surface area contributed by atoms with E-state index in [9.17, 15) is 19.6 Å². The number of nitrogens with two attached hydrogens (primary N) is 1. The van der Waals surface area contributed by atoms with Gasteiger partial charge in [-0.3, -0.25) is 9.59 Å². The van der Waals surface area contributed by atoms with Gasteiger partial charge in [-0.15, -0.1) is 0 Å². The van der Waals surface area contributed by atoms with Crippen molar-refractivity contribution in [1.82, 2.24) is 9.97 Å². The molecule has 4 heterocycles. The van der Waals surface area contributed by atoms with Gasteiger partial charge in [0.15, 0.2) is 5.84 Å². The fourth-order valence-corrected chi connectivity index (χ4v) is 6.90. The van der Waals surface area contributed by atoms with Crippen molar-refractivity contribution in [3.63, 3.8) is 0 Å². The van der Waals surface area contributed by atoms with Gasteiger partial charge in [0.1, 0.15) is 11.5 Å². The number of hydrogen-bond acceptors (Lipinski definition) is 16. The summed E-state index contributed by atoms with van der Waals surface area (Å²) in [5.74, 6) is 0.119. The first-order valence-electron chi connectivity index (χ1n) is 15.8. The van der Waals surface area contributed by atoms with Crippen LogP contribution in [0.2, 0.25) is 0 Å². The Hall–Kier alpha value is -5.03. The normalized spacial score (nSPS) is 16.0. The van der Waals surface area contributed by atoms with E-state index in [1.165, 1.54) is 12.4 Å². The average Bonchev–Trinajstić information content (AvgIpc) is 3.89. The van der Waals surface area contributed by atoms with Gasteiger partial charge in [0.05, 0.1) is 55.9 Å². The molecule has 2 aromatic heterocycles. The van der Waals surface area contributed by atoms with E-state index in [-0.39, 0.29) is 37.2 Å². The van der Waals surface area contributed by atoms with Crippen LogP contribution in [0, 0.1) is 20.4 Å². The smallest absolute Gasteiger partial charge is 0.466 e. The molecule has 0 fully saturated rings. The number of esters is 2. The van der Waals surface area contributed by atoms with Gasteiger partial charge >= 0.3 is 26.2 Å². The monoisotopic (exact) mass is 749 g/mol. The van der Waals surface area contributed by atoms with Gasteiger partial charge < -0.3 is 49.2 Å². The number of oxime groups is 1. The summed E-state index contributed by atoms with van der Waals surface area (Å²) in [5.41, 5.74) is 9.78. The number of ether oxygens (including phenoxy) is 4. The van der Waals surface area contributed by atoms with Gasteiger partial charge in [0, 0.05) is 6.20 Å². The maximum atomic E-state index is 11.8. The lowest BCUT2D eigenvalue weighted by atomic mass is 9.77. The number of rotatable bonds is 11. The van der Waals surface area contributed by atoms with Crippen LogP contribution in [0.15, 0.2) is 41.8 Å². The van der Waals surface area contributed by atoms with E-state index in [0.717, 1.165) is 44.9 Å². The van der Waals surface area contributed by atoms with E-state index in [1.807, 2.05) is 13.8 Å². The van der Waals surface area contributed by atoms with Crippen molar-refractivity contribution >= 4 is 70.6 Å². The summed E-state index contributed by atoms with van der Waals surface area (Å²) in [5, 5.41) is 33.1. The maximum Gasteiger partial charge on any atom is 0.492 e. The lowest BCUT2D eigenvalue weighted by Gasteiger charge is -2.14. The van der Waals surface area contributed by atoms with Gasteiger partial charge in [-0.25, -0.2) is 14.8 Å². The predicted molar refractivity (Wildman–Crippen MR) is 191 cm³/mol. The number of amidine groups is 1. The molecule has 52 heavy (non-hydrogen) atoms. The summed E-state index contributed by atoms with van der Waals surface area (Å²) in [6, 6.07) is 6.86. The molecule has 2 aliphatic heterocycles. The number of hydrogen-bond donors (Lipinski definition) is 4. The summed E-state index contributed by atoms with van der Waals surface area (Å²) in [6.45, 7) is 14.7. The first-order valence-corrected chi connectivity index (χ1v) is 17.5. The minimum absolute atomic E-state index is 0.0224. The van der Waals surface area contributed by atoms with Crippen LogP contribution in [-0.2, 0) is 28.4 Å². The summed E-state index contributed by atoms with van der Waals surface area (Å²) in [7, 11) is -2.29. The number of nitrogens with zero attached hydrogens (tertiary/aromatic N) is 4. The van der Waals surface area contributed by atoms with Gasteiger partial charge in [0.2, 0.25) is 0 Å². The SMILES string of the molecule is CCOC(=O)CC1OB(O)c2cc(Oc3ncc(C(N)=NO)s3)cc(C)c21.[C-]#[N+]c1cnc(Oc2cc(C)c3c(c2)B(O)OC3CC(=O)OCC)s1. The zero-order chi connectivity index (χ0) is 37.5. The van der Waals surface area contributed by atoms with Gasteiger partial charge in [-0.2, -0.15) is 0 Å². The summed E-state index contributed by atoms with van der Waals surface area (Å²) in [4.78, 5) is 35.3. The van der Waals surface area contributed by atoms with E-state index >= 15 is 0 Å². The molecule has 2 unspecified atom stereocenters. The number of thiazole rings is 2. The molecule has 0 radical (unpaired) electrons. The van der Waals surface area contributed by atoms with Gasteiger partial charge in [-0.05, 0) is 85.1 Å². The third kappa shape index (κ3) is 8.88. The molecule has 0 spiro atoms. The molecular formula is C32H33B2N5O11S2. The highest BCUT2D eigenvalue weighted by molar-refractivity contribution is 7.17. The Morgan fingerprint density at radius 3 is 1.81 bits per heavy atom. The van der Waals surface area contributed by atoms with Crippen LogP contribution in [0.1, 0.15) is 66.0 Å². The van der Waals surface area contributed by atoms with Gasteiger partial charge in [-0.1, -0.05) is 27.8 Å². The lowest BCUT2D eigenvalue weighted by molar-refractivity contribution is -0.146. The highest BCUT2D eigenvalue weighted by Gasteiger charge is 2.39. The van der Waals surface area contributed by atoms with Crippen LogP contribution in [0.25, 0.3) is 4.85 Å². The molecule has 0 saturated carbocycles. The molecule has 2 atom stereocenters. The zero-order valence-corrected chi connectivity index (χ0v) is 30.0. The molecule has 0 saturated heterocycles. The molecule has 16 nitrogen and oxygen atoms in total. The molecule has 0 aliphatic carbocycles. The van der Waals surface area contributed by atoms with E-state index in [4.69, 9.17) is 45.8 Å². The number of aromatic nitrogens is 2. The number of fused-ring (bicyclic) bond motifs is 2. The van der Waals surface area contributed by atoms with Crippen LogP contribution < -0.4 is 26.1 Å². The van der Waals surface area contributed by atoms with Crippen molar-refractivity contribution in [3.8, 4) is 21.9 Å². The molecule has 4 aromatic rings. The summed E-state index contributed by atoms with van der Waals surface area (Å²) in [6.07, 6.45) is 1.82. The Balaban J connectivity index is 0.000000202. The minimum atomic E-state index is -1.16. The highest BCUT2D eigenvalue weighted by atomic mass is 32.1. The number of benzene rings is 2. The molecule has 0 bridgehead atoms. The minimum Gasteiger partial charge on any atom is -0.466 e. The van der Waals surface area contributed by atoms with Gasteiger partial charge in [0.25, 0.3) is 15.4 Å². The number of carbonyl (C=O) groups is 2. The second-order valence-corrected chi connectivity index (χ2v) is 13.2. The van der Waals surface area contributed by atoms with Crippen molar-refractivity contribution < 1.29 is 53.1 Å². The predicted octanol–water partition coefficient (Wildman–Crippen LogP) is 3.56. The van der Waals surface area contributed by atoms with Crippen molar-refractivity contribution in [3.05, 3.63) is 75.2 Å². The fourth-order valence-electron chi connectivity index (χ4n) is 5.65. The molecule has 2 aromatic carbocycles. The standard InChI is InChI=1S/C16H18BN3O6S.C16H15BN2O5S/c1-3-24-13(21)6-11-14-8(2)4-9(5-10(14)17(22)26-11)25-16-19-7-12(27-16)15(18)20-23;1-4-22-14(20)7-12-15-9(2)5-10(6-11(15)17(21)24-12)23-16-19-8-13(18-3)25-16/h4-5,7,11,22-23H,3,6H2,1-2H3,(H2,18,20);5-6,8,12,21H,4,7H2,1-2H3. The van der Waals surface area contributed by atoms with Crippen LogP contribution in [0.4, 0.5) is 5.00 Å². The summed E-state index contributed by atoms with van der Waals surface area (Å²) >= 11 is 2.25. The van der Waals surface area contributed by atoms with Crippen molar-refractivity contribution in [2.45, 2.75) is 52.7 Å². The van der Waals surface area contributed by atoms with E-state index < -0.39 is 26.4 Å². The molecule has 2 aliphatic rings. The quantitative estimate of drug-likeness (QED) is 0.0328. The Kier molecular flexibility index (Phi) is 12.5. The van der Waals surface area contributed by atoms with Crippen LogP contribution in [0.5, 0.6) is 21.9 Å². The number of aryl methyl sites for hydroxylation is 2. The average molecular weight is 749 g/mol. The summed E-state index contributed by atoms with van der Waals surface area (Å²) < 4.78 is 32.3. The van der Waals surface area contributed by atoms with E-state index in [2.05, 4.69) is 20.0 Å². The highest BCUT2D eigenvalue weighted by Crippen LogP contribution is 2.36. The molecule has 5 N–H and O–H groups in total. The molecule has 270 valence electrons. The molecular weight excluding hydrogens is 716 g/mol. The van der Waals surface area contributed by atoms with Crippen molar-refractivity contribution in [2.75, 3.05) is 13.2 Å². The molecule has 20 heteroatoms. The molecule has 6 rings (SSSR count). The second-order valence-electron chi connectivity index (χ2n) is 11.2. The van der Waals surface area contributed by atoms with E-state index in [0.29, 0.717) is 49.3 Å². The zero-order valence-electron chi connectivity index (χ0n) is 28.4. The van der Waals surface area contributed by atoms with Crippen molar-refractivity contribution in [1.29, 1.82) is 0 Å².